The Balaban J connectivity index is 1.88. The molecule has 1 aliphatic heterocycles. The number of sulfonamides is 1. The number of hydrogen-bond acceptors (Lipinski definition) is 5. The van der Waals surface area contributed by atoms with Crippen LogP contribution in [0.4, 0.5) is 0 Å². The first-order chi connectivity index (χ1) is 10.3. The van der Waals surface area contributed by atoms with Gasteiger partial charge < -0.3 is 5.32 Å². The van der Waals surface area contributed by atoms with Crippen molar-refractivity contribution in [2.75, 3.05) is 25.4 Å². The van der Waals surface area contributed by atoms with Gasteiger partial charge in [0.2, 0.25) is 15.9 Å². The van der Waals surface area contributed by atoms with Crippen LogP contribution < -0.4 is 16.6 Å². The normalized spacial score (nSPS) is 17.5. The highest BCUT2D eigenvalue weighted by Crippen LogP contribution is 2.11. The van der Waals surface area contributed by atoms with Crippen LogP contribution in [0.15, 0.2) is 21.9 Å². The molecular formula is C12H18N4O5S. The minimum Gasteiger partial charge on any atom is -0.353 e. The highest BCUT2D eigenvalue weighted by molar-refractivity contribution is 7.89. The van der Waals surface area contributed by atoms with Crippen LogP contribution in [0.3, 0.4) is 0 Å². The molecule has 10 heteroatoms. The summed E-state index contributed by atoms with van der Waals surface area (Å²) in [4.78, 5) is 34.8. The number of aromatic nitrogens is 2. The molecule has 2 rings (SSSR count). The lowest BCUT2D eigenvalue weighted by Gasteiger charge is -2.14. The molecule has 1 N–H and O–H groups in total. The van der Waals surface area contributed by atoms with Crippen LogP contribution in [0.25, 0.3) is 0 Å². The SMILES string of the molecule is Cn1c(=O)ccn(CC(=O)NCCN2CCCS2(=O)=O)c1=O. The van der Waals surface area contributed by atoms with E-state index >= 15 is 0 Å². The Bertz CT molecular complexity index is 779. The van der Waals surface area contributed by atoms with Crippen LogP contribution in [-0.4, -0.2) is 53.2 Å². The molecule has 0 aliphatic carbocycles. The first-order valence-electron chi connectivity index (χ1n) is 6.82. The molecule has 9 nitrogen and oxygen atoms in total. The predicted octanol–water partition coefficient (Wildman–Crippen LogP) is -2.30. The molecule has 1 aliphatic rings. The van der Waals surface area contributed by atoms with Gasteiger partial charge in [0, 0.05) is 38.9 Å². The number of rotatable bonds is 5. The van der Waals surface area contributed by atoms with E-state index in [0.29, 0.717) is 13.0 Å². The minimum atomic E-state index is -3.17. The lowest BCUT2D eigenvalue weighted by molar-refractivity contribution is -0.121. The van der Waals surface area contributed by atoms with Gasteiger partial charge >= 0.3 is 5.69 Å². The van der Waals surface area contributed by atoms with Crippen molar-refractivity contribution >= 4 is 15.9 Å². The molecule has 1 aromatic heterocycles. The van der Waals surface area contributed by atoms with Crippen molar-refractivity contribution in [2.45, 2.75) is 13.0 Å². The van der Waals surface area contributed by atoms with E-state index in [4.69, 9.17) is 0 Å². The maximum atomic E-state index is 11.8. The molecule has 0 radical (unpaired) electrons. The molecule has 0 atom stereocenters. The Morgan fingerprint density at radius 2 is 2.09 bits per heavy atom. The fourth-order valence-electron chi connectivity index (χ4n) is 2.21. The zero-order valence-corrected chi connectivity index (χ0v) is 13.0. The summed E-state index contributed by atoms with van der Waals surface area (Å²) in [5.74, 6) is -0.272. The first-order valence-corrected chi connectivity index (χ1v) is 8.43. The summed E-state index contributed by atoms with van der Waals surface area (Å²) in [6, 6.07) is 1.20. The summed E-state index contributed by atoms with van der Waals surface area (Å²) in [5.41, 5.74) is -1.02. The molecule has 1 saturated heterocycles. The van der Waals surface area contributed by atoms with E-state index in [1.54, 1.807) is 0 Å². The van der Waals surface area contributed by atoms with Crippen LogP contribution in [0.2, 0.25) is 0 Å². The van der Waals surface area contributed by atoms with Gasteiger partial charge in [-0.15, -0.1) is 0 Å². The van der Waals surface area contributed by atoms with Gasteiger partial charge in [0.15, 0.2) is 0 Å². The third kappa shape index (κ3) is 3.63. The average Bonchev–Trinajstić information content (AvgIpc) is 2.79. The number of carbonyl (C=O) groups excluding carboxylic acids is 1. The monoisotopic (exact) mass is 330 g/mol. The molecule has 122 valence electrons. The lowest BCUT2D eigenvalue weighted by Crippen LogP contribution is -2.41. The molecule has 0 saturated carbocycles. The molecule has 1 amide bonds. The van der Waals surface area contributed by atoms with Gasteiger partial charge in [0.25, 0.3) is 5.56 Å². The van der Waals surface area contributed by atoms with Crippen LogP contribution in [0.1, 0.15) is 6.42 Å². The summed E-state index contributed by atoms with van der Waals surface area (Å²) in [5, 5.41) is 2.56. The number of nitrogens with zero attached hydrogens (tertiary/aromatic N) is 3. The zero-order valence-electron chi connectivity index (χ0n) is 12.2. The third-order valence-electron chi connectivity index (χ3n) is 3.46. The van der Waals surface area contributed by atoms with Gasteiger partial charge in [-0.3, -0.25) is 18.7 Å². The first kappa shape index (κ1) is 16.4. The smallest absolute Gasteiger partial charge is 0.331 e. The number of hydrogen-bond donors (Lipinski definition) is 1. The molecule has 1 aromatic rings. The van der Waals surface area contributed by atoms with Gasteiger partial charge in [-0.25, -0.2) is 17.5 Å². The lowest BCUT2D eigenvalue weighted by atomic mass is 10.4. The van der Waals surface area contributed by atoms with Crippen molar-refractivity contribution in [3.05, 3.63) is 33.1 Å². The van der Waals surface area contributed by atoms with Crippen molar-refractivity contribution < 1.29 is 13.2 Å². The Morgan fingerprint density at radius 3 is 2.73 bits per heavy atom. The molecule has 2 heterocycles. The largest absolute Gasteiger partial charge is 0.353 e. The summed E-state index contributed by atoms with van der Waals surface area (Å²) in [6.07, 6.45) is 1.86. The van der Waals surface area contributed by atoms with Crippen molar-refractivity contribution in [1.82, 2.24) is 18.8 Å². The molecule has 0 bridgehead atoms. The fraction of sp³-hybridized carbons (Fsp3) is 0.583. The van der Waals surface area contributed by atoms with Crippen molar-refractivity contribution in [3.63, 3.8) is 0 Å². The second kappa shape index (κ2) is 6.44. The van der Waals surface area contributed by atoms with Crippen molar-refractivity contribution in [1.29, 1.82) is 0 Å². The van der Waals surface area contributed by atoms with Gasteiger partial charge in [-0.05, 0) is 6.42 Å². The standard InChI is InChI=1S/C12H18N4O5S/c1-14-11(18)3-6-15(12(14)19)9-10(17)13-4-7-16-5-2-8-22(16,20)21/h3,6H,2,4-5,7-9H2,1H3,(H,13,17). The summed E-state index contributed by atoms with van der Waals surface area (Å²) in [6.45, 7) is 0.646. The van der Waals surface area contributed by atoms with Crippen LogP contribution in [0, 0.1) is 0 Å². The summed E-state index contributed by atoms with van der Waals surface area (Å²) in [7, 11) is -1.84. The predicted molar refractivity (Wildman–Crippen MR) is 78.9 cm³/mol. The molecule has 0 aromatic carbocycles. The molecule has 0 spiro atoms. The van der Waals surface area contributed by atoms with Gasteiger partial charge in [-0.1, -0.05) is 0 Å². The topological polar surface area (TPSA) is 110 Å². The van der Waals surface area contributed by atoms with Crippen LogP contribution >= 0.6 is 0 Å². The van der Waals surface area contributed by atoms with Crippen molar-refractivity contribution in [3.8, 4) is 0 Å². The summed E-state index contributed by atoms with van der Waals surface area (Å²) < 4.78 is 26.5. The van der Waals surface area contributed by atoms with E-state index in [1.807, 2.05) is 0 Å². The summed E-state index contributed by atoms with van der Waals surface area (Å²) >= 11 is 0. The quantitative estimate of drug-likeness (QED) is 0.653. The van der Waals surface area contributed by atoms with Crippen LogP contribution in [0.5, 0.6) is 0 Å². The number of nitrogens with one attached hydrogen (secondary N) is 1. The van der Waals surface area contributed by atoms with E-state index < -0.39 is 27.2 Å². The third-order valence-corrected chi connectivity index (χ3v) is 5.42. The second-order valence-electron chi connectivity index (χ2n) is 5.04. The van der Waals surface area contributed by atoms with E-state index in [1.165, 1.54) is 23.6 Å². The Morgan fingerprint density at radius 1 is 1.36 bits per heavy atom. The maximum Gasteiger partial charge on any atom is 0.331 e. The molecule has 1 fully saturated rings. The number of carbonyl (C=O) groups is 1. The highest BCUT2D eigenvalue weighted by Gasteiger charge is 2.27. The fourth-order valence-corrected chi connectivity index (χ4v) is 3.74. The maximum absolute atomic E-state index is 11.8. The Hall–Kier alpha value is -1.94. The van der Waals surface area contributed by atoms with E-state index in [-0.39, 0.29) is 25.4 Å². The van der Waals surface area contributed by atoms with E-state index in [0.717, 1.165) is 9.13 Å². The highest BCUT2D eigenvalue weighted by atomic mass is 32.2. The minimum absolute atomic E-state index is 0.147. The van der Waals surface area contributed by atoms with E-state index in [9.17, 15) is 22.8 Å². The Labute approximate surface area is 127 Å². The van der Waals surface area contributed by atoms with Crippen molar-refractivity contribution in [2.24, 2.45) is 7.05 Å². The van der Waals surface area contributed by atoms with Crippen LogP contribution in [-0.2, 0) is 28.4 Å². The van der Waals surface area contributed by atoms with Gasteiger partial charge in [0.05, 0.1) is 5.75 Å². The molecule has 22 heavy (non-hydrogen) atoms. The van der Waals surface area contributed by atoms with Gasteiger partial charge in [0.1, 0.15) is 6.54 Å². The second-order valence-corrected chi connectivity index (χ2v) is 7.13. The Kier molecular flexibility index (Phi) is 4.81. The van der Waals surface area contributed by atoms with Gasteiger partial charge in [-0.2, -0.15) is 0 Å². The molecular weight excluding hydrogens is 312 g/mol. The average molecular weight is 330 g/mol. The zero-order chi connectivity index (χ0) is 16.3. The van der Waals surface area contributed by atoms with E-state index in [2.05, 4.69) is 5.32 Å². The number of amides is 1. The molecule has 0 unspecified atom stereocenters.